The summed E-state index contributed by atoms with van der Waals surface area (Å²) in [6.45, 7) is -1.20. The van der Waals surface area contributed by atoms with E-state index in [1.54, 1.807) is 6.92 Å². The van der Waals surface area contributed by atoms with Gasteiger partial charge in [-0.15, -0.1) is 5.10 Å². The average Bonchev–Trinajstić information content (AvgIpc) is 2.75. The van der Waals surface area contributed by atoms with E-state index in [-0.39, 0.29) is 17.3 Å². The number of aromatic nitrogens is 3. The molecule has 19 heavy (non-hydrogen) atoms. The van der Waals surface area contributed by atoms with E-state index in [2.05, 4.69) is 25.2 Å². The lowest BCUT2D eigenvalue weighted by Gasteiger charge is -2.05. The van der Waals surface area contributed by atoms with Gasteiger partial charge in [-0.25, -0.2) is 0 Å². The normalized spacial score (nSPS) is 10.5. The number of nitrogens with one attached hydrogen (secondary N) is 2. The second kappa shape index (κ2) is 5.42. The summed E-state index contributed by atoms with van der Waals surface area (Å²) in [5, 5.41) is 8.78. The van der Waals surface area contributed by atoms with Crippen molar-refractivity contribution in [2.45, 2.75) is 13.5 Å². The third-order valence-electron chi connectivity index (χ3n) is 2.16. The number of rotatable bonds is 4. The van der Waals surface area contributed by atoms with Gasteiger partial charge in [-0.3, -0.25) is 15.2 Å². The van der Waals surface area contributed by atoms with Gasteiger partial charge in [-0.2, -0.15) is 13.8 Å². The summed E-state index contributed by atoms with van der Waals surface area (Å²) in [4.78, 5) is 15.7. The van der Waals surface area contributed by atoms with Crippen LogP contribution in [0.3, 0.4) is 0 Å². The van der Waals surface area contributed by atoms with Gasteiger partial charge in [0.05, 0.1) is 0 Å². The molecule has 0 aliphatic heterocycles. The Bertz CT molecular complexity index is 568. The Hall–Kier alpha value is -2.51. The SMILES string of the molecule is Cc1nc(NC(=O)c2ccc(OC(F)F)cc2)n[nH]1. The molecule has 1 amide bonds. The fourth-order valence-corrected chi connectivity index (χ4v) is 1.36. The molecule has 6 nitrogen and oxygen atoms in total. The molecule has 0 saturated heterocycles. The van der Waals surface area contributed by atoms with Crippen molar-refractivity contribution in [2.75, 3.05) is 5.32 Å². The first-order valence-electron chi connectivity index (χ1n) is 5.30. The van der Waals surface area contributed by atoms with E-state index in [1.807, 2.05) is 0 Å². The van der Waals surface area contributed by atoms with Crippen molar-refractivity contribution in [1.82, 2.24) is 15.2 Å². The number of amides is 1. The minimum absolute atomic E-state index is 0.0136. The van der Waals surface area contributed by atoms with Crippen LogP contribution in [0.1, 0.15) is 16.2 Å². The fourth-order valence-electron chi connectivity index (χ4n) is 1.36. The number of hydrogen-bond acceptors (Lipinski definition) is 4. The summed E-state index contributed by atoms with van der Waals surface area (Å²) in [5.41, 5.74) is 0.282. The molecule has 0 saturated carbocycles. The molecule has 100 valence electrons. The molecule has 2 N–H and O–H groups in total. The smallest absolute Gasteiger partial charge is 0.387 e. The maximum Gasteiger partial charge on any atom is 0.387 e. The number of hydrogen-bond donors (Lipinski definition) is 2. The van der Waals surface area contributed by atoms with Crippen LogP contribution in [0.4, 0.5) is 14.7 Å². The summed E-state index contributed by atoms with van der Waals surface area (Å²) >= 11 is 0. The van der Waals surface area contributed by atoms with Crippen LogP contribution in [0.2, 0.25) is 0 Å². The Morgan fingerprint density at radius 3 is 2.58 bits per heavy atom. The molecule has 1 heterocycles. The molecule has 0 radical (unpaired) electrons. The van der Waals surface area contributed by atoms with Gasteiger partial charge in [0, 0.05) is 5.56 Å². The van der Waals surface area contributed by atoms with Crippen molar-refractivity contribution in [1.29, 1.82) is 0 Å². The minimum Gasteiger partial charge on any atom is -0.435 e. The second-order valence-electron chi connectivity index (χ2n) is 3.60. The largest absolute Gasteiger partial charge is 0.435 e. The predicted molar refractivity (Wildman–Crippen MR) is 62.1 cm³/mol. The highest BCUT2D eigenvalue weighted by molar-refractivity contribution is 6.03. The van der Waals surface area contributed by atoms with Crippen molar-refractivity contribution in [3.8, 4) is 5.75 Å². The Labute approximate surface area is 106 Å². The number of alkyl halides is 2. The summed E-state index contributed by atoms with van der Waals surface area (Å²) < 4.78 is 28.1. The molecule has 8 heteroatoms. The lowest BCUT2D eigenvalue weighted by atomic mass is 10.2. The molecule has 1 aromatic heterocycles. The quantitative estimate of drug-likeness (QED) is 0.888. The highest BCUT2D eigenvalue weighted by atomic mass is 19.3. The number of ether oxygens (including phenoxy) is 1. The van der Waals surface area contributed by atoms with E-state index in [4.69, 9.17) is 0 Å². The molecule has 0 atom stereocenters. The van der Waals surface area contributed by atoms with Crippen LogP contribution < -0.4 is 10.1 Å². The molecule has 0 unspecified atom stereocenters. The number of carbonyl (C=O) groups excluding carboxylic acids is 1. The van der Waals surface area contributed by atoms with Crippen LogP contribution in [0.15, 0.2) is 24.3 Å². The van der Waals surface area contributed by atoms with Crippen LogP contribution in [-0.2, 0) is 0 Å². The third kappa shape index (κ3) is 3.47. The van der Waals surface area contributed by atoms with Crippen molar-refractivity contribution in [2.24, 2.45) is 0 Å². The predicted octanol–water partition coefficient (Wildman–Crippen LogP) is 1.97. The zero-order chi connectivity index (χ0) is 13.8. The van der Waals surface area contributed by atoms with Gasteiger partial charge in [-0.1, -0.05) is 0 Å². The van der Waals surface area contributed by atoms with Crippen LogP contribution in [0, 0.1) is 6.92 Å². The Morgan fingerprint density at radius 1 is 1.37 bits per heavy atom. The zero-order valence-corrected chi connectivity index (χ0v) is 9.85. The number of carbonyl (C=O) groups is 1. The standard InChI is InChI=1S/C11H10F2N4O2/c1-6-14-11(17-16-6)15-9(18)7-2-4-8(5-3-7)19-10(12)13/h2-5,10H,1H3,(H2,14,15,16,17,18). The van der Waals surface area contributed by atoms with Gasteiger partial charge < -0.3 is 4.74 Å². The number of anilines is 1. The van der Waals surface area contributed by atoms with Crippen LogP contribution in [0.5, 0.6) is 5.75 Å². The number of halogens is 2. The first-order chi connectivity index (χ1) is 9.04. The van der Waals surface area contributed by atoms with Gasteiger partial charge >= 0.3 is 6.61 Å². The average molecular weight is 268 g/mol. The first-order valence-corrected chi connectivity index (χ1v) is 5.30. The van der Waals surface area contributed by atoms with E-state index in [1.165, 1.54) is 24.3 Å². The summed E-state index contributed by atoms with van der Waals surface area (Å²) in [6.07, 6.45) is 0. The maximum absolute atomic E-state index is 11.9. The molecule has 0 bridgehead atoms. The lowest BCUT2D eigenvalue weighted by molar-refractivity contribution is -0.0498. The summed E-state index contributed by atoms with van der Waals surface area (Å²) in [7, 11) is 0. The van der Waals surface area contributed by atoms with Crippen LogP contribution in [-0.4, -0.2) is 27.7 Å². The van der Waals surface area contributed by atoms with E-state index >= 15 is 0 Å². The molecule has 0 aliphatic rings. The minimum atomic E-state index is -2.89. The van der Waals surface area contributed by atoms with E-state index < -0.39 is 12.5 Å². The summed E-state index contributed by atoms with van der Waals surface area (Å²) in [5.74, 6) is 0.259. The van der Waals surface area contributed by atoms with Gasteiger partial charge in [0.15, 0.2) is 0 Å². The second-order valence-corrected chi connectivity index (χ2v) is 3.60. The number of nitrogens with zero attached hydrogens (tertiary/aromatic N) is 2. The van der Waals surface area contributed by atoms with Crippen molar-refractivity contribution >= 4 is 11.9 Å². The van der Waals surface area contributed by atoms with Crippen LogP contribution >= 0.6 is 0 Å². The van der Waals surface area contributed by atoms with E-state index in [9.17, 15) is 13.6 Å². The Balaban J connectivity index is 2.03. The van der Waals surface area contributed by atoms with E-state index in [0.717, 1.165) is 0 Å². The molecule has 0 spiro atoms. The molecule has 2 aromatic rings. The lowest BCUT2D eigenvalue weighted by Crippen LogP contribution is -2.13. The van der Waals surface area contributed by atoms with E-state index in [0.29, 0.717) is 5.82 Å². The third-order valence-corrected chi connectivity index (χ3v) is 2.16. The Morgan fingerprint density at radius 2 is 2.05 bits per heavy atom. The highest BCUT2D eigenvalue weighted by Gasteiger charge is 2.10. The number of aryl methyl sites for hydroxylation is 1. The molecule has 0 aliphatic carbocycles. The Kier molecular flexibility index (Phi) is 3.69. The van der Waals surface area contributed by atoms with Crippen LogP contribution in [0.25, 0.3) is 0 Å². The van der Waals surface area contributed by atoms with Gasteiger partial charge in [0.2, 0.25) is 5.95 Å². The van der Waals surface area contributed by atoms with Gasteiger partial charge in [-0.05, 0) is 31.2 Å². The molecule has 2 rings (SSSR count). The summed E-state index contributed by atoms with van der Waals surface area (Å²) in [6, 6.07) is 5.30. The number of aromatic amines is 1. The topological polar surface area (TPSA) is 79.9 Å². The molecular formula is C11H10F2N4O2. The first kappa shape index (κ1) is 12.9. The number of benzene rings is 1. The highest BCUT2D eigenvalue weighted by Crippen LogP contribution is 2.15. The van der Waals surface area contributed by atoms with Gasteiger partial charge in [0.1, 0.15) is 11.6 Å². The maximum atomic E-state index is 11.9. The fraction of sp³-hybridized carbons (Fsp3) is 0.182. The molecule has 0 fully saturated rings. The monoisotopic (exact) mass is 268 g/mol. The van der Waals surface area contributed by atoms with Crippen molar-refractivity contribution in [3.63, 3.8) is 0 Å². The van der Waals surface area contributed by atoms with Crippen molar-refractivity contribution < 1.29 is 18.3 Å². The number of H-pyrrole nitrogens is 1. The van der Waals surface area contributed by atoms with Crippen molar-refractivity contribution in [3.05, 3.63) is 35.7 Å². The zero-order valence-electron chi connectivity index (χ0n) is 9.85. The van der Waals surface area contributed by atoms with Gasteiger partial charge in [0.25, 0.3) is 5.91 Å². The molecular weight excluding hydrogens is 258 g/mol. The molecule has 1 aromatic carbocycles.